The average Bonchev–Trinajstić information content (AvgIpc) is 2.88. The van der Waals surface area contributed by atoms with Gasteiger partial charge < -0.3 is 16.7 Å². The molecule has 3 rings (SSSR count). The molecule has 1 aromatic heterocycles. The summed E-state index contributed by atoms with van der Waals surface area (Å²) >= 11 is 1.50. The molecule has 2 fully saturated rings. The van der Waals surface area contributed by atoms with Crippen molar-refractivity contribution in [1.82, 2.24) is 9.97 Å². The lowest BCUT2D eigenvalue weighted by atomic mass is 9.98. The fraction of sp³-hybridized carbons (Fsp3) is 0.545. The molecule has 0 aliphatic heterocycles. The van der Waals surface area contributed by atoms with E-state index < -0.39 is 0 Å². The second kappa shape index (κ2) is 4.31. The van der Waals surface area contributed by atoms with Crippen LogP contribution in [-0.4, -0.2) is 26.1 Å². The highest BCUT2D eigenvalue weighted by molar-refractivity contribution is 8.00. The molecule has 1 heterocycles. The molecule has 5 N–H and O–H groups in total. The number of rotatable bonds is 2. The van der Waals surface area contributed by atoms with Gasteiger partial charge in [0.2, 0.25) is 0 Å². The molecule has 0 radical (unpaired) electrons. The number of nitrogens with two attached hydrogens (primary N) is 2. The Balaban J connectivity index is 1.84. The van der Waals surface area contributed by atoms with Crippen LogP contribution in [0.1, 0.15) is 19.3 Å². The zero-order valence-corrected chi connectivity index (χ0v) is 10.6. The van der Waals surface area contributed by atoms with Gasteiger partial charge in [0.25, 0.3) is 0 Å². The minimum atomic E-state index is 0.162. The molecule has 0 saturated heterocycles. The third kappa shape index (κ3) is 1.88. The number of hydrogen-bond donors (Lipinski definition) is 3. The first-order valence-corrected chi connectivity index (χ1v) is 6.84. The number of fused-ring (bicyclic) bond motifs is 2. The van der Waals surface area contributed by atoms with Crippen LogP contribution in [0.3, 0.4) is 0 Å². The smallest absolute Gasteiger partial charge is 0.192 e. The maximum absolute atomic E-state index is 9.13. The van der Waals surface area contributed by atoms with Crippen molar-refractivity contribution in [2.24, 2.45) is 17.0 Å². The molecule has 0 aromatic carbocycles. The highest BCUT2D eigenvalue weighted by atomic mass is 32.2. The third-order valence-corrected chi connectivity index (χ3v) is 4.98. The molecular weight excluding hydrogens is 250 g/mol. The summed E-state index contributed by atoms with van der Waals surface area (Å²) in [4.78, 5) is 8.33. The lowest BCUT2D eigenvalue weighted by molar-refractivity contribution is 0.314. The van der Waals surface area contributed by atoms with Crippen molar-refractivity contribution >= 4 is 29.1 Å². The van der Waals surface area contributed by atoms with E-state index in [1.165, 1.54) is 24.2 Å². The molecule has 0 spiro atoms. The van der Waals surface area contributed by atoms with Crippen molar-refractivity contribution in [3.63, 3.8) is 0 Å². The number of nitrogens with zero attached hydrogens (tertiary/aromatic N) is 3. The van der Waals surface area contributed by atoms with Gasteiger partial charge in [0.05, 0.1) is 11.0 Å². The molecule has 96 valence electrons. The minimum absolute atomic E-state index is 0.162. The van der Waals surface area contributed by atoms with Crippen molar-refractivity contribution in [3.05, 3.63) is 6.07 Å². The van der Waals surface area contributed by atoms with E-state index in [9.17, 15) is 0 Å². The second-order valence-electron chi connectivity index (χ2n) is 4.83. The van der Waals surface area contributed by atoms with Gasteiger partial charge in [0.1, 0.15) is 11.6 Å². The Morgan fingerprint density at radius 1 is 1.28 bits per heavy atom. The van der Waals surface area contributed by atoms with E-state index in [2.05, 4.69) is 15.1 Å². The van der Waals surface area contributed by atoms with Crippen molar-refractivity contribution < 1.29 is 5.21 Å². The molecule has 3 atom stereocenters. The molecule has 6 nitrogen and oxygen atoms in total. The number of hydrogen-bond acceptors (Lipinski definition) is 7. The fourth-order valence-corrected chi connectivity index (χ4v) is 4.30. The third-order valence-electron chi connectivity index (χ3n) is 3.70. The zero-order chi connectivity index (χ0) is 12.7. The number of thioether (sulfide) groups is 1. The summed E-state index contributed by atoms with van der Waals surface area (Å²) in [5.74, 6) is 1.72. The lowest BCUT2D eigenvalue weighted by Gasteiger charge is -2.21. The monoisotopic (exact) mass is 265 g/mol. The Hall–Kier alpha value is -1.50. The molecule has 18 heavy (non-hydrogen) atoms. The van der Waals surface area contributed by atoms with Gasteiger partial charge in [0, 0.05) is 12.0 Å². The van der Waals surface area contributed by atoms with Gasteiger partial charge in [-0.3, -0.25) is 0 Å². The van der Waals surface area contributed by atoms with E-state index in [1.54, 1.807) is 0 Å². The van der Waals surface area contributed by atoms with Crippen LogP contribution in [0.2, 0.25) is 0 Å². The number of aromatic nitrogens is 2. The van der Waals surface area contributed by atoms with Gasteiger partial charge >= 0.3 is 0 Å². The van der Waals surface area contributed by atoms with E-state index in [-0.39, 0.29) is 5.25 Å². The van der Waals surface area contributed by atoms with Gasteiger partial charge in [-0.25, -0.2) is 9.97 Å². The number of nitrogen functional groups attached to an aromatic ring is 2. The van der Waals surface area contributed by atoms with Gasteiger partial charge in [-0.1, -0.05) is 16.9 Å². The molecule has 2 saturated carbocycles. The molecule has 0 unspecified atom stereocenters. The maximum atomic E-state index is 9.13. The quantitative estimate of drug-likeness (QED) is 0.423. The first-order chi connectivity index (χ1) is 8.67. The molecule has 7 heteroatoms. The standard InChI is InChI=1S/C11H15N5OS/c12-7-4-8(13)15-11(14-7)18-10-6-2-1-5(3-6)9(10)16-17/h4-6,10,17H,1-3H2,(H4,12,13,14,15)/b16-9-/t5-,6+,10+/m0/s1. The van der Waals surface area contributed by atoms with Crippen molar-refractivity contribution in [1.29, 1.82) is 0 Å². The molecular formula is C11H15N5OS. The van der Waals surface area contributed by atoms with Gasteiger partial charge in [-0.2, -0.15) is 0 Å². The Labute approximate surface area is 109 Å². The molecule has 0 amide bonds. The van der Waals surface area contributed by atoms with Crippen LogP contribution in [0.5, 0.6) is 0 Å². The summed E-state index contributed by atoms with van der Waals surface area (Å²) in [7, 11) is 0. The minimum Gasteiger partial charge on any atom is -0.411 e. The topological polar surface area (TPSA) is 110 Å². The predicted molar refractivity (Wildman–Crippen MR) is 70.6 cm³/mol. The summed E-state index contributed by atoms with van der Waals surface area (Å²) in [5, 5.41) is 13.3. The Kier molecular flexibility index (Phi) is 2.77. The summed E-state index contributed by atoms with van der Waals surface area (Å²) in [6.07, 6.45) is 3.41. The SMILES string of the molecule is Nc1cc(N)nc(S[C@H]2/C(=N\O)[C@H]3CC[C@@H]2C3)n1. The van der Waals surface area contributed by atoms with Crippen LogP contribution < -0.4 is 11.5 Å². The first kappa shape index (κ1) is 11.6. The van der Waals surface area contributed by atoms with E-state index in [0.717, 1.165) is 18.6 Å². The molecule has 2 bridgehead atoms. The summed E-state index contributed by atoms with van der Waals surface area (Å²) < 4.78 is 0. The van der Waals surface area contributed by atoms with Crippen LogP contribution in [-0.2, 0) is 0 Å². The van der Waals surface area contributed by atoms with Crippen LogP contribution in [0.4, 0.5) is 11.6 Å². The Morgan fingerprint density at radius 2 is 2.00 bits per heavy atom. The van der Waals surface area contributed by atoms with Gasteiger partial charge in [-0.05, 0) is 25.2 Å². The molecule has 2 aliphatic carbocycles. The Bertz CT molecular complexity index is 486. The number of anilines is 2. The van der Waals surface area contributed by atoms with Gasteiger partial charge in [-0.15, -0.1) is 0 Å². The predicted octanol–water partition coefficient (Wildman–Crippen LogP) is 1.36. The summed E-state index contributed by atoms with van der Waals surface area (Å²) in [6.45, 7) is 0. The highest BCUT2D eigenvalue weighted by Crippen LogP contribution is 2.49. The van der Waals surface area contributed by atoms with E-state index in [4.69, 9.17) is 16.7 Å². The summed E-state index contributed by atoms with van der Waals surface area (Å²) in [5.41, 5.74) is 12.2. The van der Waals surface area contributed by atoms with Crippen molar-refractivity contribution in [2.75, 3.05) is 11.5 Å². The van der Waals surface area contributed by atoms with Crippen LogP contribution in [0.15, 0.2) is 16.4 Å². The average molecular weight is 265 g/mol. The highest BCUT2D eigenvalue weighted by Gasteiger charge is 2.46. The van der Waals surface area contributed by atoms with Gasteiger partial charge in [0.15, 0.2) is 5.16 Å². The van der Waals surface area contributed by atoms with E-state index in [1.807, 2.05) is 0 Å². The lowest BCUT2D eigenvalue weighted by Crippen LogP contribution is -2.25. The second-order valence-corrected chi connectivity index (χ2v) is 5.94. The normalized spacial score (nSPS) is 32.2. The molecule has 1 aromatic rings. The molecule has 2 aliphatic rings. The van der Waals surface area contributed by atoms with Crippen LogP contribution in [0.25, 0.3) is 0 Å². The fourth-order valence-electron chi connectivity index (χ4n) is 2.96. The number of oxime groups is 1. The van der Waals surface area contributed by atoms with Crippen LogP contribution in [0, 0.1) is 11.8 Å². The Morgan fingerprint density at radius 3 is 2.67 bits per heavy atom. The van der Waals surface area contributed by atoms with Crippen molar-refractivity contribution in [2.45, 2.75) is 29.7 Å². The maximum Gasteiger partial charge on any atom is 0.192 e. The largest absolute Gasteiger partial charge is 0.411 e. The summed E-state index contributed by atoms with van der Waals surface area (Å²) in [6, 6.07) is 1.53. The van der Waals surface area contributed by atoms with Crippen LogP contribution >= 0.6 is 11.8 Å². The van der Waals surface area contributed by atoms with Crippen molar-refractivity contribution in [3.8, 4) is 0 Å². The van der Waals surface area contributed by atoms with E-state index in [0.29, 0.717) is 28.6 Å². The van der Waals surface area contributed by atoms with E-state index >= 15 is 0 Å². The zero-order valence-electron chi connectivity index (χ0n) is 9.78. The first-order valence-electron chi connectivity index (χ1n) is 5.96.